The molecule has 0 saturated carbocycles. The van der Waals surface area contributed by atoms with Crippen LogP contribution >= 0.6 is 0 Å². The minimum Gasteiger partial charge on any atom is -0.490 e. The molecule has 0 aliphatic carbocycles. The van der Waals surface area contributed by atoms with Crippen LogP contribution in [0.15, 0.2) is 23.1 Å². The first-order valence-electron chi connectivity index (χ1n) is 7.02. The fourth-order valence-corrected chi connectivity index (χ4v) is 2.50. The fraction of sp³-hybridized carbons (Fsp3) is 0.467. The molecule has 9 heteroatoms. The minimum atomic E-state index is -3.54. The van der Waals surface area contributed by atoms with Crippen molar-refractivity contribution in [3.63, 3.8) is 0 Å². The lowest BCUT2D eigenvalue weighted by Crippen LogP contribution is -2.47. The van der Waals surface area contributed by atoms with E-state index in [0.717, 1.165) is 18.4 Å². The van der Waals surface area contributed by atoms with Crippen LogP contribution in [-0.2, 0) is 9.84 Å². The Kier molecular flexibility index (Phi) is 5.83. The highest BCUT2D eigenvalue weighted by Crippen LogP contribution is 2.26. The van der Waals surface area contributed by atoms with E-state index in [-0.39, 0.29) is 22.8 Å². The summed E-state index contributed by atoms with van der Waals surface area (Å²) in [6.45, 7) is 5.23. The van der Waals surface area contributed by atoms with Crippen molar-refractivity contribution >= 4 is 21.9 Å². The first-order chi connectivity index (χ1) is 10.8. The molecule has 0 heterocycles. The predicted octanol–water partition coefficient (Wildman–Crippen LogP) is 1.85. The topological polar surface area (TPSA) is 130 Å². The molecule has 1 unspecified atom stereocenters. The second-order valence-corrected chi connectivity index (χ2v) is 8.43. The summed E-state index contributed by atoms with van der Waals surface area (Å²) in [5, 5.41) is 20.4. The van der Waals surface area contributed by atoms with Gasteiger partial charge in [-0.3, -0.25) is 0 Å². The minimum absolute atomic E-state index is 0.0824. The van der Waals surface area contributed by atoms with E-state index in [0.29, 0.717) is 0 Å². The normalized spacial score (nSPS) is 13.2. The Bertz CT molecular complexity index is 735. The predicted molar refractivity (Wildman–Crippen MR) is 86.4 cm³/mol. The van der Waals surface area contributed by atoms with Gasteiger partial charge in [-0.15, -0.1) is 0 Å². The molecule has 3 N–H and O–H groups in total. The maximum Gasteiger partial charge on any atom is 0.405 e. The zero-order valence-electron chi connectivity index (χ0n) is 13.9. The number of carboxylic acids is 1. The highest BCUT2D eigenvalue weighted by atomic mass is 32.2. The number of hydrogen-bond acceptors (Lipinski definition) is 5. The van der Waals surface area contributed by atoms with Gasteiger partial charge in [0, 0.05) is 6.26 Å². The van der Waals surface area contributed by atoms with Crippen LogP contribution in [0, 0.1) is 5.41 Å². The number of amides is 1. The Balaban J connectivity index is 3.15. The van der Waals surface area contributed by atoms with Gasteiger partial charge < -0.3 is 20.3 Å². The maximum absolute atomic E-state index is 11.6. The number of benzene rings is 1. The Morgan fingerprint density at radius 1 is 1.25 bits per heavy atom. The van der Waals surface area contributed by atoms with E-state index in [1.807, 2.05) is 0 Å². The summed E-state index contributed by atoms with van der Waals surface area (Å²) in [6.07, 6.45) is -0.238. The molecule has 1 aromatic rings. The quantitative estimate of drug-likeness (QED) is 0.706. The van der Waals surface area contributed by atoms with Gasteiger partial charge in [0.15, 0.2) is 9.84 Å². The van der Waals surface area contributed by atoms with Crippen LogP contribution in [0.5, 0.6) is 5.75 Å². The zero-order valence-corrected chi connectivity index (χ0v) is 14.7. The molecule has 8 nitrogen and oxygen atoms in total. The number of hydrogen-bond donors (Lipinski definition) is 3. The molecular weight excluding hydrogens is 338 g/mol. The van der Waals surface area contributed by atoms with Crippen molar-refractivity contribution in [2.75, 3.05) is 12.9 Å². The van der Waals surface area contributed by atoms with Gasteiger partial charge in [0.05, 0.1) is 10.9 Å². The molecule has 0 radical (unpaired) electrons. The molecule has 0 aliphatic heterocycles. The second-order valence-electron chi connectivity index (χ2n) is 6.41. The van der Waals surface area contributed by atoms with E-state index in [9.17, 15) is 23.1 Å². The molecule has 0 fully saturated rings. The number of aromatic carboxylic acids is 1. The summed E-state index contributed by atoms with van der Waals surface area (Å²) in [6, 6.07) is 2.82. The van der Waals surface area contributed by atoms with Crippen LogP contribution < -0.4 is 10.1 Å². The van der Waals surface area contributed by atoms with Crippen molar-refractivity contribution in [2.45, 2.75) is 31.7 Å². The summed E-state index contributed by atoms with van der Waals surface area (Å²) >= 11 is 0. The monoisotopic (exact) mass is 359 g/mol. The fourth-order valence-electron chi connectivity index (χ4n) is 1.86. The highest BCUT2D eigenvalue weighted by Gasteiger charge is 2.28. The van der Waals surface area contributed by atoms with Crippen LogP contribution in [0.2, 0.25) is 0 Å². The summed E-state index contributed by atoms with van der Waals surface area (Å²) < 4.78 is 28.7. The Morgan fingerprint density at radius 2 is 1.83 bits per heavy atom. The number of carbonyl (C=O) groups is 2. The van der Waals surface area contributed by atoms with E-state index >= 15 is 0 Å². The molecular formula is C15H21NO7S. The lowest BCUT2D eigenvalue weighted by molar-refractivity contribution is 0.0689. The van der Waals surface area contributed by atoms with Crippen LogP contribution in [-0.4, -0.2) is 49.6 Å². The van der Waals surface area contributed by atoms with Crippen LogP contribution in [0.1, 0.15) is 31.1 Å². The van der Waals surface area contributed by atoms with Gasteiger partial charge in [0.2, 0.25) is 0 Å². The van der Waals surface area contributed by atoms with Gasteiger partial charge in [0.1, 0.15) is 17.9 Å². The van der Waals surface area contributed by atoms with E-state index in [2.05, 4.69) is 5.32 Å². The average molecular weight is 359 g/mol. The van der Waals surface area contributed by atoms with Gasteiger partial charge in [-0.1, -0.05) is 20.8 Å². The average Bonchev–Trinajstić information content (AvgIpc) is 2.40. The Labute approximate surface area is 140 Å². The van der Waals surface area contributed by atoms with Gasteiger partial charge in [-0.05, 0) is 23.6 Å². The Hall–Kier alpha value is -2.29. The van der Waals surface area contributed by atoms with Gasteiger partial charge in [-0.25, -0.2) is 18.0 Å². The van der Waals surface area contributed by atoms with E-state index in [4.69, 9.17) is 9.84 Å². The largest absolute Gasteiger partial charge is 0.490 e. The molecule has 0 spiro atoms. The van der Waals surface area contributed by atoms with Crippen molar-refractivity contribution in [3.8, 4) is 5.75 Å². The maximum atomic E-state index is 11.6. The molecule has 1 amide bonds. The first-order valence-corrected chi connectivity index (χ1v) is 8.91. The van der Waals surface area contributed by atoms with Crippen molar-refractivity contribution in [1.82, 2.24) is 5.32 Å². The van der Waals surface area contributed by atoms with Gasteiger partial charge >= 0.3 is 12.1 Å². The van der Waals surface area contributed by atoms with Crippen molar-refractivity contribution in [2.24, 2.45) is 5.41 Å². The number of carboxylic acid groups (broad SMARTS) is 2. The molecule has 0 bridgehead atoms. The standard InChI is InChI=1S/C15H21NO7S/c1-15(2,3)12(16-14(19)20)8-23-11-7-9(24(4,21)22)5-6-10(11)13(17)18/h5-7,12,16H,8H2,1-4H3,(H,17,18)(H,19,20). The third-order valence-electron chi connectivity index (χ3n) is 3.36. The summed E-state index contributed by atoms with van der Waals surface area (Å²) in [4.78, 5) is 22.1. The number of rotatable bonds is 6. The number of sulfone groups is 1. The number of ether oxygens (including phenoxy) is 1. The zero-order chi connectivity index (χ0) is 18.7. The summed E-state index contributed by atoms with van der Waals surface area (Å²) in [5.41, 5.74) is -0.693. The van der Waals surface area contributed by atoms with Crippen molar-refractivity contribution < 1.29 is 33.0 Å². The molecule has 1 rings (SSSR count). The molecule has 24 heavy (non-hydrogen) atoms. The highest BCUT2D eigenvalue weighted by molar-refractivity contribution is 7.90. The third-order valence-corrected chi connectivity index (χ3v) is 4.47. The third kappa shape index (κ3) is 5.41. The molecule has 1 aromatic carbocycles. The van der Waals surface area contributed by atoms with Crippen LogP contribution in [0.3, 0.4) is 0 Å². The summed E-state index contributed by atoms with van der Waals surface area (Å²) in [5.74, 6) is -1.41. The van der Waals surface area contributed by atoms with Crippen LogP contribution in [0.25, 0.3) is 0 Å². The van der Waals surface area contributed by atoms with Crippen molar-refractivity contribution in [1.29, 1.82) is 0 Å². The first kappa shape index (κ1) is 19.8. The molecule has 134 valence electrons. The van der Waals surface area contributed by atoms with Crippen LogP contribution in [0.4, 0.5) is 4.79 Å². The van der Waals surface area contributed by atoms with E-state index in [1.54, 1.807) is 20.8 Å². The van der Waals surface area contributed by atoms with Gasteiger partial charge in [0.25, 0.3) is 0 Å². The smallest absolute Gasteiger partial charge is 0.405 e. The molecule has 1 atom stereocenters. The Morgan fingerprint density at radius 3 is 2.25 bits per heavy atom. The summed E-state index contributed by atoms with van der Waals surface area (Å²) in [7, 11) is -3.54. The number of nitrogens with one attached hydrogen (secondary N) is 1. The van der Waals surface area contributed by atoms with Crippen molar-refractivity contribution in [3.05, 3.63) is 23.8 Å². The molecule has 0 aliphatic rings. The lowest BCUT2D eigenvalue weighted by Gasteiger charge is -2.30. The lowest BCUT2D eigenvalue weighted by atomic mass is 9.87. The molecule has 0 saturated heterocycles. The second kappa shape index (κ2) is 7.08. The SMILES string of the molecule is CC(C)(C)C(COc1cc(S(C)(=O)=O)ccc1C(=O)O)NC(=O)O. The van der Waals surface area contributed by atoms with Gasteiger partial charge in [-0.2, -0.15) is 0 Å². The van der Waals surface area contributed by atoms with E-state index in [1.165, 1.54) is 6.07 Å². The van der Waals surface area contributed by atoms with E-state index < -0.39 is 33.4 Å². The molecule has 0 aromatic heterocycles.